The lowest BCUT2D eigenvalue weighted by Gasteiger charge is -2.20. The number of hydrogen-bond donors (Lipinski definition) is 14. The Bertz CT molecular complexity index is 2140. The van der Waals surface area contributed by atoms with Crippen LogP contribution >= 0.6 is 21.6 Å². The van der Waals surface area contributed by atoms with E-state index in [0.717, 1.165) is 29.7 Å². The molecule has 17 N–H and O–H groups in total. The van der Waals surface area contributed by atoms with Gasteiger partial charge in [0.05, 0.1) is 43.9 Å². The highest BCUT2D eigenvalue weighted by Crippen LogP contribution is 2.22. The van der Waals surface area contributed by atoms with E-state index in [1.165, 1.54) is 54.6 Å². The average Bonchev–Trinajstić information content (AvgIpc) is 3.80. The number of carboxylic acids is 1. The van der Waals surface area contributed by atoms with E-state index in [1.807, 2.05) is 85.1 Å². The van der Waals surface area contributed by atoms with Crippen LogP contribution in [0.5, 0.6) is 5.75 Å². The van der Waals surface area contributed by atoms with Crippen LogP contribution in [0.4, 0.5) is 0 Å². The number of fused-ring (bicyclic) bond motifs is 1. The van der Waals surface area contributed by atoms with Crippen molar-refractivity contribution in [2.24, 2.45) is 17.2 Å². The van der Waals surface area contributed by atoms with Gasteiger partial charge in [-0.15, -0.1) is 0 Å². The van der Waals surface area contributed by atoms with Crippen molar-refractivity contribution in [1.29, 1.82) is 0 Å². The number of nitrogens with two attached hydrogens (primary N) is 3. The number of H-pyrrole nitrogens is 1. The van der Waals surface area contributed by atoms with Crippen molar-refractivity contribution in [1.82, 2.24) is 31.6 Å². The van der Waals surface area contributed by atoms with Crippen molar-refractivity contribution in [3.05, 3.63) is 102 Å². The Morgan fingerprint density at radius 2 is 1.43 bits per heavy atom. The molecule has 434 valence electrons. The van der Waals surface area contributed by atoms with E-state index >= 15 is 0 Å². The van der Waals surface area contributed by atoms with Crippen LogP contribution in [0.15, 0.2) is 85.1 Å². The number of phenols is 1. The Morgan fingerprint density at radius 1 is 0.818 bits per heavy atom. The van der Waals surface area contributed by atoms with Crippen LogP contribution in [0.25, 0.3) is 10.9 Å². The van der Waals surface area contributed by atoms with E-state index in [9.17, 15) is 38.7 Å². The predicted molar refractivity (Wildman–Crippen MR) is 310 cm³/mol. The summed E-state index contributed by atoms with van der Waals surface area (Å²) < 4.78 is 0. The first-order valence-electron chi connectivity index (χ1n) is 25.3. The molecule has 0 spiro atoms. The maximum atomic E-state index is 11.8. The van der Waals surface area contributed by atoms with Crippen molar-refractivity contribution in [3.63, 3.8) is 0 Å². The van der Waals surface area contributed by atoms with E-state index in [4.69, 9.17) is 37.6 Å². The number of carbonyl (C=O) groups is 7. The Hall–Kier alpha value is -5.89. The van der Waals surface area contributed by atoms with E-state index in [1.54, 1.807) is 19.2 Å². The van der Waals surface area contributed by atoms with Gasteiger partial charge in [-0.3, -0.25) is 24.0 Å². The van der Waals surface area contributed by atoms with Gasteiger partial charge in [-0.2, -0.15) is 0 Å². The number of amides is 4. The van der Waals surface area contributed by atoms with E-state index in [0.29, 0.717) is 38.4 Å². The zero-order chi connectivity index (χ0) is 59.0. The SMILES string of the molecule is CC.CCCSSC[C@@H](CO)NC.CNC(CCCCN)C(=O)NC(C=O)C(C)O.C[C@@H](O)CC(=O)O.Cc1c[nH]c2ccccc12.NC(=O)C(N)Cc1ccccc1.O=CCNC(=O)C(Cc1ccc(O)cc1)NC=O. The normalized spacial score (nSPS) is 12.7. The van der Waals surface area contributed by atoms with Crippen LogP contribution in [0.1, 0.15) is 83.4 Å². The van der Waals surface area contributed by atoms with Gasteiger partial charge in [-0.25, -0.2) is 0 Å². The number of phenolic OH excluding ortho intramolecular Hbond substituents is 1. The summed E-state index contributed by atoms with van der Waals surface area (Å²) in [4.78, 5) is 78.1. The molecular formula is C54H89N9O12S2. The molecule has 3 aromatic carbocycles. The molecule has 0 bridgehead atoms. The van der Waals surface area contributed by atoms with Crippen molar-refractivity contribution >= 4 is 75.2 Å². The number of aromatic nitrogens is 1. The third kappa shape index (κ3) is 40.1. The van der Waals surface area contributed by atoms with Gasteiger partial charge in [0, 0.05) is 41.1 Å². The van der Waals surface area contributed by atoms with Gasteiger partial charge in [0.1, 0.15) is 30.4 Å². The highest BCUT2D eigenvalue weighted by Gasteiger charge is 2.22. The summed E-state index contributed by atoms with van der Waals surface area (Å²) in [5.41, 5.74) is 20.2. The molecule has 21 nitrogen and oxygen atoms in total. The molecule has 1 aromatic heterocycles. The number of carboxylic acid groups (broad SMARTS) is 1. The Morgan fingerprint density at radius 3 is 1.90 bits per heavy atom. The standard InChI is InChI=1S/C12H14N2O4.C11H23N3O3.C9H12N2O.C9H9N.C7H17NOS2.C4H8O3.C2H6/c15-6-5-13-12(18)11(14-8-16)7-9-1-3-10(17)4-2-9;1-8(16)10(7-15)14-11(17)9(13-2)5-3-4-6-12;10-8(9(11)12)6-7-4-2-1-3-5-7;1-7-6-10-9-5-3-2-4-8(7)9;1-3-4-10-11-6-7(5-9)8-2;1-3(5)2-4(6)7;1-2/h1-4,6,8,11,17H,5,7H2,(H,13,18)(H,14,16);7-10,13,16H,3-6,12H2,1-2H3,(H,14,17);1-5,8H,6,10H2,(H2,11,12);2-6,10H,1H3;7-9H,3-6H2,1-2H3;3,5H,2H2,1H3,(H,6,7);1-2H3/t;;;;7-;3-;/m....11./s1. The number of para-hydroxylation sites is 1. The van der Waals surface area contributed by atoms with Crippen LogP contribution in [0.2, 0.25) is 0 Å². The molecule has 0 aliphatic carbocycles. The molecule has 0 fully saturated rings. The summed E-state index contributed by atoms with van der Waals surface area (Å²) in [6, 6.07) is 21.9. The molecule has 1 heterocycles. The first-order chi connectivity index (χ1) is 36.8. The second-order valence-electron chi connectivity index (χ2n) is 16.6. The number of aryl methyl sites for hydroxylation is 1. The molecule has 0 aliphatic rings. The number of benzene rings is 3. The molecule has 7 atom stereocenters. The van der Waals surface area contributed by atoms with Gasteiger partial charge in [-0.05, 0) is 102 Å². The molecule has 0 aliphatic heterocycles. The number of aliphatic carboxylic acids is 1. The summed E-state index contributed by atoms with van der Waals surface area (Å²) >= 11 is 0. The largest absolute Gasteiger partial charge is 0.508 e. The van der Waals surface area contributed by atoms with Crippen LogP contribution in [0, 0.1) is 6.92 Å². The second-order valence-corrected chi connectivity index (χ2v) is 19.2. The molecule has 4 amide bonds. The summed E-state index contributed by atoms with van der Waals surface area (Å²) in [5.74, 6) is 0.187. The average molecular weight is 1120 g/mol. The van der Waals surface area contributed by atoms with Gasteiger partial charge >= 0.3 is 5.97 Å². The number of primary amides is 1. The fraction of sp³-hybridized carbons (Fsp3) is 0.500. The summed E-state index contributed by atoms with van der Waals surface area (Å²) in [7, 11) is 7.27. The lowest BCUT2D eigenvalue weighted by Crippen LogP contribution is -2.50. The lowest BCUT2D eigenvalue weighted by molar-refractivity contribution is -0.139. The van der Waals surface area contributed by atoms with Gasteiger partial charge in [0.2, 0.25) is 24.1 Å². The van der Waals surface area contributed by atoms with Crippen molar-refractivity contribution in [3.8, 4) is 5.75 Å². The Balaban J connectivity index is -0.000000867. The zero-order valence-corrected chi connectivity index (χ0v) is 47.6. The number of aliphatic hydroxyl groups excluding tert-OH is 3. The number of unbranched alkanes of at least 4 members (excludes halogenated alkanes) is 1. The summed E-state index contributed by atoms with van der Waals surface area (Å²) in [5, 5.41) is 57.9. The van der Waals surface area contributed by atoms with Crippen LogP contribution in [-0.4, -0.2) is 161 Å². The van der Waals surface area contributed by atoms with E-state index in [-0.39, 0.29) is 49.7 Å². The third-order valence-corrected chi connectivity index (χ3v) is 12.8. The zero-order valence-electron chi connectivity index (χ0n) is 46.0. The first kappa shape index (κ1) is 75.3. The van der Waals surface area contributed by atoms with Crippen LogP contribution < -0.4 is 43.8 Å². The number of rotatable bonds is 28. The highest BCUT2D eigenvalue weighted by molar-refractivity contribution is 8.76. The van der Waals surface area contributed by atoms with Crippen molar-refractivity contribution in [2.45, 2.75) is 129 Å². The number of likely N-dealkylation sites (N-methyl/N-ethyl adjacent to an activating group) is 2. The number of hydrogen-bond acceptors (Lipinski definition) is 17. The number of aldehydes is 2. The second kappa shape index (κ2) is 49.7. The quantitative estimate of drug-likeness (QED) is 0.0221. The lowest BCUT2D eigenvalue weighted by atomic mass is 10.1. The molecule has 0 saturated heterocycles. The molecular weight excluding hydrogens is 1030 g/mol. The summed E-state index contributed by atoms with van der Waals surface area (Å²) in [6.45, 7) is 11.9. The minimum atomic E-state index is -0.963. The Labute approximate surface area is 462 Å². The molecule has 4 rings (SSSR count). The topological polar surface area (TPSA) is 375 Å². The fourth-order valence-corrected chi connectivity index (χ4v) is 8.27. The van der Waals surface area contributed by atoms with Gasteiger partial charge in [-0.1, -0.05) is 109 Å². The molecule has 23 heteroatoms. The predicted octanol–water partition coefficient (Wildman–Crippen LogP) is 2.88. The van der Waals surface area contributed by atoms with Crippen LogP contribution in [0.3, 0.4) is 0 Å². The molecule has 5 unspecified atom stereocenters. The maximum Gasteiger partial charge on any atom is 0.305 e. The van der Waals surface area contributed by atoms with Gasteiger partial charge < -0.3 is 83.9 Å². The fourth-order valence-electron chi connectivity index (χ4n) is 5.81. The number of aliphatic hydroxyl groups is 3. The van der Waals surface area contributed by atoms with Crippen molar-refractivity contribution in [2.75, 3.05) is 45.3 Å². The van der Waals surface area contributed by atoms with Gasteiger partial charge in [0.15, 0.2) is 0 Å². The Kier molecular flexibility index (Phi) is 48.6. The van der Waals surface area contributed by atoms with Crippen molar-refractivity contribution < 1.29 is 59.1 Å². The minimum Gasteiger partial charge on any atom is -0.508 e. The number of aromatic hydroxyl groups is 1. The molecule has 4 aromatic rings. The van der Waals surface area contributed by atoms with Crippen LogP contribution in [-0.2, 0) is 46.4 Å². The number of aromatic amines is 1. The minimum absolute atomic E-state index is 0.0918. The monoisotopic (exact) mass is 1120 g/mol. The molecule has 0 saturated carbocycles. The number of carbonyl (C=O) groups excluding carboxylic acids is 6. The van der Waals surface area contributed by atoms with Gasteiger partial charge in [0.25, 0.3) is 0 Å². The maximum absolute atomic E-state index is 11.8. The van der Waals surface area contributed by atoms with E-state index < -0.39 is 48.1 Å². The first-order valence-corrected chi connectivity index (χ1v) is 27.8. The van der Waals surface area contributed by atoms with E-state index in [2.05, 4.69) is 63.6 Å². The molecule has 0 radical (unpaired) electrons. The highest BCUT2D eigenvalue weighted by atomic mass is 33.1. The smallest absolute Gasteiger partial charge is 0.305 e. The third-order valence-electron chi connectivity index (χ3n) is 10.1. The molecule has 77 heavy (non-hydrogen) atoms. The number of nitrogens with one attached hydrogen (secondary N) is 6. The summed E-state index contributed by atoms with van der Waals surface area (Å²) in [6.07, 6.45) is 6.16.